The Kier molecular flexibility index (Phi) is 5.38. The predicted molar refractivity (Wildman–Crippen MR) is 127 cm³/mol. The molecule has 0 radical (unpaired) electrons. The van der Waals surface area contributed by atoms with Crippen molar-refractivity contribution in [3.63, 3.8) is 0 Å². The van der Waals surface area contributed by atoms with Gasteiger partial charge in [0.2, 0.25) is 5.75 Å². The van der Waals surface area contributed by atoms with E-state index in [1.165, 1.54) is 11.1 Å². The molecule has 3 aliphatic carbocycles. The lowest BCUT2D eigenvalue weighted by molar-refractivity contribution is -0.127. The van der Waals surface area contributed by atoms with Gasteiger partial charge in [-0.2, -0.15) is 0 Å². The second-order valence-electron chi connectivity index (χ2n) is 9.92. The molecule has 2 fully saturated rings. The maximum atomic E-state index is 13.7. The van der Waals surface area contributed by atoms with E-state index in [1.54, 1.807) is 21.3 Å². The number of methoxy groups -OCH3 is 3. The lowest BCUT2D eigenvalue weighted by Crippen LogP contribution is -2.42. The van der Waals surface area contributed by atoms with Crippen LogP contribution in [-0.4, -0.2) is 32.2 Å². The van der Waals surface area contributed by atoms with E-state index in [1.807, 2.05) is 30.3 Å². The molecule has 0 spiro atoms. The number of fused-ring (bicyclic) bond motifs is 5. The van der Waals surface area contributed by atoms with Crippen LogP contribution < -0.4 is 14.2 Å². The zero-order valence-electron chi connectivity index (χ0n) is 19.8. The fourth-order valence-corrected chi connectivity index (χ4v) is 6.75. The number of allylic oxidation sites excluding steroid dienone is 1. The van der Waals surface area contributed by atoms with E-state index in [0.717, 1.165) is 43.2 Å². The van der Waals surface area contributed by atoms with Crippen LogP contribution in [-0.2, 0) is 11.2 Å². The van der Waals surface area contributed by atoms with Gasteiger partial charge in [-0.05, 0) is 102 Å². The maximum Gasteiger partial charge on any atom is 0.203 e. The largest absolute Gasteiger partial charge is 0.508 e. The number of ketones is 1. The second kappa shape index (κ2) is 8.12. The lowest BCUT2D eigenvalue weighted by Gasteiger charge is -2.48. The molecule has 4 unspecified atom stereocenters. The first-order valence-electron chi connectivity index (χ1n) is 11.8. The minimum absolute atomic E-state index is 0.288. The molecule has 2 aromatic carbocycles. The predicted octanol–water partition coefficient (Wildman–Crippen LogP) is 5.54. The van der Waals surface area contributed by atoms with Crippen molar-refractivity contribution in [3.05, 3.63) is 52.6 Å². The Bertz CT molecular complexity index is 1110. The van der Waals surface area contributed by atoms with Gasteiger partial charge in [-0.3, -0.25) is 4.79 Å². The molecule has 5 nitrogen and oxygen atoms in total. The van der Waals surface area contributed by atoms with E-state index in [-0.39, 0.29) is 11.2 Å². The van der Waals surface area contributed by atoms with E-state index in [2.05, 4.69) is 13.0 Å². The highest BCUT2D eigenvalue weighted by atomic mass is 16.5. The fourth-order valence-electron chi connectivity index (χ4n) is 6.75. The zero-order valence-corrected chi connectivity index (χ0v) is 19.8. The summed E-state index contributed by atoms with van der Waals surface area (Å²) in [5.41, 5.74) is 4.13. The van der Waals surface area contributed by atoms with Crippen LogP contribution in [0.5, 0.6) is 23.0 Å². The molecule has 33 heavy (non-hydrogen) atoms. The summed E-state index contributed by atoms with van der Waals surface area (Å²) < 4.78 is 16.4. The Morgan fingerprint density at radius 1 is 1.03 bits per heavy atom. The summed E-state index contributed by atoms with van der Waals surface area (Å²) >= 11 is 0. The smallest absolute Gasteiger partial charge is 0.203 e. The first-order chi connectivity index (χ1) is 15.9. The van der Waals surface area contributed by atoms with Crippen molar-refractivity contribution in [1.29, 1.82) is 0 Å². The summed E-state index contributed by atoms with van der Waals surface area (Å²) in [5, 5.41) is 9.91. The van der Waals surface area contributed by atoms with Crippen LogP contribution in [0.25, 0.3) is 6.08 Å². The van der Waals surface area contributed by atoms with Crippen molar-refractivity contribution in [2.75, 3.05) is 21.3 Å². The van der Waals surface area contributed by atoms with Gasteiger partial charge in [-0.15, -0.1) is 0 Å². The number of rotatable bonds is 4. The molecule has 0 bridgehead atoms. The standard InChI is InChI=1S/C28H32O5/c1-28-10-9-21-20-8-6-19(29)14-17(20)5-7-22(21)23(28)15-18(27(28)30)11-16-12-24(31-2)26(33-4)25(13-16)32-3/h6,8,11-14,21-23,29H,5,7,9-10,15H2,1-4H3/b18-11+. The molecular weight excluding hydrogens is 416 g/mol. The average molecular weight is 449 g/mol. The molecule has 0 amide bonds. The molecule has 4 atom stereocenters. The van der Waals surface area contributed by atoms with Crippen molar-refractivity contribution in [2.45, 2.75) is 44.9 Å². The van der Waals surface area contributed by atoms with E-state index in [9.17, 15) is 9.90 Å². The summed E-state index contributed by atoms with van der Waals surface area (Å²) in [7, 11) is 4.79. The van der Waals surface area contributed by atoms with Gasteiger partial charge >= 0.3 is 0 Å². The van der Waals surface area contributed by atoms with Crippen LogP contribution in [0.1, 0.15) is 55.2 Å². The molecule has 1 N–H and O–H groups in total. The summed E-state index contributed by atoms with van der Waals surface area (Å²) in [5.74, 6) is 3.68. The Morgan fingerprint density at radius 3 is 2.42 bits per heavy atom. The summed E-state index contributed by atoms with van der Waals surface area (Å²) in [6, 6.07) is 9.64. The van der Waals surface area contributed by atoms with Crippen LogP contribution in [0.2, 0.25) is 0 Å². The van der Waals surface area contributed by atoms with Crippen LogP contribution in [0.4, 0.5) is 0 Å². The van der Waals surface area contributed by atoms with Crippen molar-refractivity contribution in [1.82, 2.24) is 0 Å². The number of phenolic OH excluding ortho intramolecular Hbond substituents is 1. The van der Waals surface area contributed by atoms with Gasteiger partial charge in [0.15, 0.2) is 17.3 Å². The number of phenols is 1. The first kappa shape index (κ1) is 21.9. The van der Waals surface area contributed by atoms with Crippen molar-refractivity contribution in [3.8, 4) is 23.0 Å². The van der Waals surface area contributed by atoms with Crippen LogP contribution in [0.15, 0.2) is 35.9 Å². The molecular formula is C28H32O5. The minimum Gasteiger partial charge on any atom is -0.508 e. The molecule has 3 aliphatic rings. The molecule has 5 rings (SSSR count). The third-order valence-corrected chi connectivity index (χ3v) is 8.38. The van der Waals surface area contributed by atoms with Crippen molar-refractivity contribution < 1.29 is 24.1 Å². The van der Waals surface area contributed by atoms with Gasteiger partial charge in [0.05, 0.1) is 21.3 Å². The monoisotopic (exact) mass is 448 g/mol. The fraction of sp³-hybridized carbons (Fsp3) is 0.464. The number of carbonyl (C=O) groups is 1. The van der Waals surface area contributed by atoms with E-state index >= 15 is 0 Å². The number of carbonyl (C=O) groups excluding carboxylic acids is 1. The number of hydrogen-bond acceptors (Lipinski definition) is 5. The lowest BCUT2D eigenvalue weighted by atomic mass is 9.55. The number of benzene rings is 2. The molecule has 0 heterocycles. The van der Waals surface area contributed by atoms with Gasteiger partial charge in [0, 0.05) is 5.41 Å². The molecule has 174 valence electrons. The Balaban J connectivity index is 1.49. The highest BCUT2D eigenvalue weighted by Gasteiger charge is 2.56. The Labute approximate surface area is 195 Å². The zero-order chi connectivity index (χ0) is 23.3. The molecule has 2 aromatic rings. The summed E-state index contributed by atoms with van der Waals surface area (Å²) in [6.07, 6.45) is 6.80. The van der Waals surface area contributed by atoms with Crippen molar-refractivity contribution in [2.24, 2.45) is 17.3 Å². The number of ether oxygens (including phenoxy) is 3. The molecule has 0 aromatic heterocycles. The highest BCUT2D eigenvalue weighted by molar-refractivity contribution is 6.06. The van der Waals surface area contributed by atoms with Crippen LogP contribution >= 0.6 is 0 Å². The van der Waals surface area contributed by atoms with Crippen LogP contribution in [0.3, 0.4) is 0 Å². The Morgan fingerprint density at radius 2 is 1.76 bits per heavy atom. The van der Waals surface area contributed by atoms with Gasteiger partial charge in [-0.25, -0.2) is 0 Å². The van der Waals surface area contributed by atoms with Crippen molar-refractivity contribution >= 4 is 11.9 Å². The average Bonchev–Trinajstić information content (AvgIpc) is 3.08. The second-order valence-corrected chi connectivity index (χ2v) is 9.92. The minimum atomic E-state index is -0.304. The molecule has 2 saturated carbocycles. The maximum absolute atomic E-state index is 13.7. The van der Waals surface area contributed by atoms with Gasteiger partial charge in [0.25, 0.3) is 0 Å². The number of Topliss-reactive ketones (excluding diaryl/α,β-unsaturated/α-hetero) is 1. The highest BCUT2D eigenvalue weighted by Crippen LogP contribution is 2.61. The molecule has 0 aliphatic heterocycles. The Hall–Kier alpha value is -2.95. The van der Waals surface area contributed by atoms with Gasteiger partial charge < -0.3 is 19.3 Å². The molecule has 5 heteroatoms. The normalized spacial score (nSPS) is 29.3. The summed E-state index contributed by atoms with van der Waals surface area (Å²) in [6.45, 7) is 2.18. The third-order valence-electron chi connectivity index (χ3n) is 8.38. The van der Waals surface area contributed by atoms with E-state index in [0.29, 0.717) is 40.8 Å². The van der Waals surface area contributed by atoms with E-state index in [4.69, 9.17) is 14.2 Å². The number of hydrogen-bond donors (Lipinski definition) is 1. The quantitative estimate of drug-likeness (QED) is 0.623. The van der Waals surface area contributed by atoms with E-state index < -0.39 is 0 Å². The third kappa shape index (κ3) is 3.40. The topological polar surface area (TPSA) is 65.0 Å². The summed E-state index contributed by atoms with van der Waals surface area (Å²) in [4.78, 5) is 13.7. The SMILES string of the molecule is COc1cc(/C=C2\CC3C4CCc5cc(O)ccc5C4CCC3(C)C2=O)cc(OC)c1OC. The number of aromatic hydroxyl groups is 1. The molecule has 0 saturated heterocycles. The number of aryl methyl sites for hydroxylation is 1. The first-order valence-corrected chi connectivity index (χ1v) is 11.8. The van der Waals surface area contributed by atoms with Gasteiger partial charge in [0.1, 0.15) is 5.75 Å². The van der Waals surface area contributed by atoms with Gasteiger partial charge in [-0.1, -0.05) is 13.0 Å². The van der Waals surface area contributed by atoms with Crippen LogP contribution in [0, 0.1) is 17.3 Å².